The second kappa shape index (κ2) is 9.53. The first-order chi connectivity index (χ1) is 18.0. The van der Waals surface area contributed by atoms with E-state index in [2.05, 4.69) is 10.6 Å². The second-order valence-electron chi connectivity index (χ2n) is 8.61. The number of para-hydroxylation sites is 2. The van der Waals surface area contributed by atoms with E-state index in [1.807, 2.05) is 72.8 Å². The van der Waals surface area contributed by atoms with Gasteiger partial charge >= 0.3 is 5.97 Å². The van der Waals surface area contributed by atoms with Gasteiger partial charge in [0.05, 0.1) is 6.54 Å². The van der Waals surface area contributed by atoms with Crippen LogP contribution in [0.15, 0.2) is 92.7 Å². The number of β-lactam (4-membered cyclic amide) rings is 1. The van der Waals surface area contributed by atoms with Crippen molar-refractivity contribution in [3.8, 4) is 0 Å². The SMILES string of the molecule is O=C(CNc1ccccc1)N[C@@H]1C(=O)N2C(C(=O)O)=C(Sc3ccc4oc5ccccc5c4c3)CS[C@H]12. The lowest BCUT2D eigenvalue weighted by Crippen LogP contribution is -2.70. The van der Waals surface area contributed by atoms with Crippen molar-refractivity contribution in [3.63, 3.8) is 0 Å². The largest absolute Gasteiger partial charge is 0.477 e. The maximum atomic E-state index is 13.0. The third-order valence-corrected chi connectivity index (χ3v) is 8.80. The zero-order valence-electron chi connectivity index (χ0n) is 19.3. The highest BCUT2D eigenvalue weighted by Gasteiger charge is 2.54. The number of carboxylic acids is 1. The molecule has 10 heteroatoms. The van der Waals surface area contributed by atoms with Crippen LogP contribution in [-0.2, 0) is 14.4 Å². The molecule has 37 heavy (non-hydrogen) atoms. The number of amides is 2. The number of thioether (sulfide) groups is 2. The Morgan fingerprint density at radius 2 is 1.78 bits per heavy atom. The van der Waals surface area contributed by atoms with Crippen LogP contribution in [0.1, 0.15) is 0 Å². The summed E-state index contributed by atoms with van der Waals surface area (Å²) in [5.74, 6) is -1.49. The molecule has 1 fully saturated rings. The quantitative estimate of drug-likeness (QED) is 0.299. The van der Waals surface area contributed by atoms with Crippen LogP contribution in [-0.4, -0.2) is 51.5 Å². The Balaban J connectivity index is 1.19. The number of hydrogen-bond acceptors (Lipinski definition) is 7. The molecule has 4 aromatic rings. The van der Waals surface area contributed by atoms with Crippen LogP contribution in [0.2, 0.25) is 0 Å². The lowest BCUT2D eigenvalue weighted by Gasteiger charge is -2.49. The number of furan rings is 1. The fourth-order valence-electron chi connectivity index (χ4n) is 4.54. The average Bonchev–Trinajstić information content (AvgIpc) is 3.28. The number of anilines is 1. The van der Waals surface area contributed by atoms with Crippen molar-refractivity contribution in [2.24, 2.45) is 0 Å². The van der Waals surface area contributed by atoms with Crippen molar-refractivity contribution in [2.45, 2.75) is 16.3 Å². The number of carboxylic acid groups (broad SMARTS) is 1. The maximum absolute atomic E-state index is 13.0. The van der Waals surface area contributed by atoms with E-state index in [4.69, 9.17) is 4.42 Å². The molecule has 3 heterocycles. The average molecular weight is 532 g/mol. The number of rotatable bonds is 7. The van der Waals surface area contributed by atoms with Gasteiger partial charge in [-0.1, -0.05) is 48.2 Å². The molecule has 1 saturated heterocycles. The van der Waals surface area contributed by atoms with Gasteiger partial charge in [0.1, 0.15) is 28.3 Å². The smallest absolute Gasteiger partial charge is 0.353 e. The Kier molecular flexibility index (Phi) is 6.05. The van der Waals surface area contributed by atoms with E-state index in [1.165, 1.54) is 28.4 Å². The van der Waals surface area contributed by atoms with Crippen LogP contribution >= 0.6 is 23.5 Å². The van der Waals surface area contributed by atoms with Crippen molar-refractivity contribution in [3.05, 3.63) is 83.4 Å². The van der Waals surface area contributed by atoms with Crippen molar-refractivity contribution in [1.82, 2.24) is 10.2 Å². The number of hydrogen-bond donors (Lipinski definition) is 3. The van der Waals surface area contributed by atoms with Gasteiger partial charge < -0.3 is 20.2 Å². The molecule has 0 bridgehead atoms. The summed E-state index contributed by atoms with van der Waals surface area (Å²) in [7, 11) is 0. The Bertz CT molecular complexity index is 1580. The molecule has 3 N–H and O–H groups in total. The molecule has 186 valence electrons. The van der Waals surface area contributed by atoms with Gasteiger partial charge in [-0.25, -0.2) is 4.79 Å². The van der Waals surface area contributed by atoms with Crippen LogP contribution in [0, 0.1) is 0 Å². The van der Waals surface area contributed by atoms with Crippen molar-refractivity contribution in [2.75, 3.05) is 17.6 Å². The van der Waals surface area contributed by atoms with E-state index in [-0.39, 0.29) is 18.1 Å². The fourth-order valence-corrected chi connectivity index (χ4v) is 7.06. The van der Waals surface area contributed by atoms with E-state index in [0.717, 1.165) is 32.5 Å². The minimum atomic E-state index is -1.16. The number of benzene rings is 3. The van der Waals surface area contributed by atoms with Gasteiger partial charge in [0, 0.05) is 32.0 Å². The Labute approximate surface area is 220 Å². The highest BCUT2D eigenvalue weighted by molar-refractivity contribution is 8.06. The predicted molar refractivity (Wildman–Crippen MR) is 144 cm³/mol. The van der Waals surface area contributed by atoms with Gasteiger partial charge in [0.15, 0.2) is 0 Å². The van der Waals surface area contributed by atoms with Crippen molar-refractivity contribution >= 4 is 68.9 Å². The summed E-state index contributed by atoms with van der Waals surface area (Å²) in [6, 6.07) is 22.0. The molecule has 3 aromatic carbocycles. The molecule has 0 aliphatic carbocycles. The first-order valence-electron chi connectivity index (χ1n) is 11.6. The lowest BCUT2D eigenvalue weighted by atomic mass is 10.1. The molecule has 2 amide bonds. The minimum absolute atomic E-state index is 0.0130. The van der Waals surface area contributed by atoms with E-state index >= 15 is 0 Å². The Morgan fingerprint density at radius 3 is 2.59 bits per heavy atom. The van der Waals surface area contributed by atoms with Crippen LogP contribution in [0.4, 0.5) is 5.69 Å². The summed E-state index contributed by atoms with van der Waals surface area (Å²) in [4.78, 5) is 40.4. The third-order valence-electron chi connectivity index (χ3n) is 6.27. The fraction of sp³-hybridized carbons (Fsp3) is 0.148. The summed E-state index contributed by atoms with van der Waals surface area (Å²) in [5, 5.41) is 17.2. The van der Waals surface area contributed by atoms with Gasteiger partial charge in [0.2, 0.25) is 5.91 Å². The van der Waals surface area contributed by atoms with Crippen LogP contribution in [0.25, 0.3) is 21.9 Å². The standard InChI is InChI=1S/C27H21N3O5S2/c31-22(13-28-15-6-2-1-3-7-15)29-23-25(32)30-24(27(33)34)21(14-36-26(23)30)37-16-10-11-20-18(12-16)17-8-4-5-9-19(17)35-20/h1-12,23,26,28H,13-14H2,(H,29,31)(H,33,34)/t23-,26-/m1/s1. The van der Waals surface area contributed by atoms with Crippen LogP contribution in [0.3, 0.4) is 0 Å². The van der Waals surface area contributed by atoms with Gasteiger partial charge in [-0.05, 0) is 36.4 Å². The molecule has 1 aromatic heterocycles. The van der Waals surface area contributed by atoms with E-state index in [1.54, 1.807) is 0 Å². The molecule has 0 spiro atoms. The molecule has 0 radical (unpaired) electrons. The third kappa shape index (κ3) is 4.32. The number of nitrogens with zero attached hydrogens (tertiary/aromatic N) is 1. The van der Waals surface area contributed by atoms with Crippen LogP contribution in [0.5, 0.6) is 0 Å². The van der Waals surface area contributed by atoms with E-state index in [9.17, 15) is 19.5 Å². The van der Waals surface area contributed by atoms with Gasteiger partial charge in [0.25, 0.3) is 5.91 Å². The zero-order valence-corrected chi connectivity index (χ0v) is 21.0. The summed E-state index contributed by atoms with van der Waals surface area (Å²) >= 11 is 2.78. The topological polar surface area (TPSA) is 112 Å². The van der Waals surface area contributed by atoms with Gasteiger partial charge in [-0.3, -0.25) is 14.5 Å². The molecule has 6 rings (SSSR count). The number of carbonyl (C=O) groups excluding carboxylic acids is 2. The highest BCUT2D eigenvalue weighted by Crippen LogP contribution is 2.45. The maximum Gasteiger partial charge on any atom is 0.353 e. The van der Waals surface area contributed by atoms with Crippen LogP contribution < -0.4 is 10.6 Å². The Hall–Kier alpha value is -3.89. The first kappa shape index (κ1) is 23.5. The molecular weight excluding hydrogens is 510 g/mol. The highest BCUT2D eigenvalue weighted by atomic mass is 32.2. The van der Waals surface area contributed by atoms with Gasteiger partial charge in [-0.15, -0.1) is 11.8 Å². The molecular formula is C27H21N3O5S2. The Morgan fingerprint density at radius 1 is 1.03 bits per heavy atom. The molecule has 2 aliphatic heterocycles. The molecule has 0 unspecified atom stereocenters. The normalized spacial score (nSPS) is 19.0. The second-order valence-corrected chi connectivity index (χ2v) is 10.9. The van der Waals surface area contributed by atoms with E-state index in [0.29, 0.717) is 10.7 Å². The summed E-state index contributed by atoms with van der Waals surface area (Å²) in [6.07, 6.45) is 0. The number of aliphatic carboxylic acids is 1. The first-order valence-corrected chi connectivity index (χ1v) is 13.4. The lowest BCUT2D eigenvalue weighted by molar-refractivity contribution is -0.150. The van der Waals surface area contributed by atoms with E-state index < -0.39 is 23.3 Å². The monoisotopic (exact) mass is 531 g/mol. The summed E-state index contributed by atoms with van der Waals surface area (Å²) < 4.78 is 5.89. The molecule has 2 atom stereocenters. The van der Waals surface area contributed by atoms with Gasteiger partial charge in [-0.2, -0.15) is 0 Å². The number of carbonyl (C=O) groups is 3. The summed E-state index contributed by atoms with van der Waals surface area (Å²) in [6.45, 7) is 0.0130. The van der Waals surface area contributed by atoms with Crippen molar-refractivity contribution in [1.29, 1.82) is 0 Å². The molecule has 2 aliphatic rings. The number of nitrogens with one attached hydrogen (secondary N) is 2. The predicted octanol–water partition coefficient (Wildman–Crippen LogP) is 4.49. The molecule has 8 nitrogen and oxygen atoms in total. The minimum Gasteiger partial charge on any atom is -0.477 e. The van der Waals surface area contributed by atoms with Crippen molar-refractivity contribution < 1.29 is 23.9 Å². The zero-order chi connectivity index (χ0) is 25.5. The number of fused-ring (bicyclic) bond motifs is 4. The summed E-state index contributed by atoms with van der Waals surface area (Å²) in [5.41, 5.74) is 2.32. The molecule has 0 saturated carbocycles.